The molecular weight excluding hydrogens is 366 g/mol. The van der Waals surface area contributed by atoms with E-state index in [1.807, 2.05) is 30.3 Å². The first-order chi connectivity index (χ1) is 10.7. The summed E-state index contributed by atoms with van der Waals surface area (Å²) in [5, 5.41) is 2.88. The van der Waals surface area contributed by atoms with Gasteiger partial charge >= 0.3 is 0 Å². The predicted molar refractivity (Wildman–Crippen MR) is 90.9 cm³/mol. The van der Waals surface area contributed by atoms with Crippen LogP contribution in [0.5, 0.6) is 5.75 Å². The number of ether oxygens (including phenoxy) is 2. The average molecular weight is 382 g/mol. The van der Waals surface area contributed by atoms with Crippen LogP contribution in [0.4, 0.5) is 5.69 Å². The lowest BCUT2D eigenvalue weighted by molar-refractivity contribution is 0.0680. The molecule has 0 saturated carbocycles. The van der Waals surface area contributed by atoms with E-state index in [-0.39, 0.29) is 12.0 Å². The minimum atomic E-state index is -0.119. The number of carbonyl (C=O) groups excluding carboxylic acids is 1. The second-order valence-electron chi connectivity index (χ2n) is 5.03. The molecule has 0 aliphatic carbocycles. The second kappa shape index (κ2) is 7.26. The highest BCUT2D eigenvalue weighted by atomic mass is 79.9. The standard InChI is InChI=1S/C16H16BrNO3S/c17-15-7-6-14(22-15)16(19)18-11-3-1-4-12(9-11)21-10-13-5-2-8-20-13/h1,3-4,6-7,9,13H,2,5,8,10H2,(H,18,19). The van der Waals surface area contributed by atoms with Gasteiger partial charge in [0.05, 0.1) is 14.8 Å². The summed E-state index contributed by atoms with van der Waals surface area (Å²) in [6.07, 6.45) is 2.33. The minimum absolute atomic E-state index is 0.119. The van der Waals surface area contributed by atoms with Crippen molar-refractivity contribution in [2.75, 3.05) is 18.5 Å². The van der Waals surface area contributed by atoms with Crippen LogP contribution in [0.2, 0.25) is 0 Å². The summed E-state index contributed by atoms with van der Waals surface area (Å²) in [6, 6.07) is 11.1. The quantitative estimate of drug-likeness (QED) is 0.838. The van der Waals surface area contributed by atoms with Crippen molar-refractivity contribution in [2.24, 2.45) is 0 Å². The van der Waals surface area contributed by atoms with Crippen LogP contribution in [0.1, 0.15) is 22.5 Å². The Kier molecular flexibility index (Phi) is 5.12. The van der Waals surface area contributed by atoms with Crippen molar-refractivity contribution >= 4 is 38.9 Å². The van der Waals surface area contributed by atoms with Crippen molar-refractivity contribution in [1.29, 1.82) is 0 Å². The third kappa shape index (κ3) is 4.09. The van der Waals surface area contributed by atoms with Gasteiger partial charge in [0.2, 0.25) is 0 Å². The number of hydrogen-bond acceptors (Lipinski definition) is 4. The second-order valence-corrected chi connectivity index (χ2v) is 7.49. The minimum Gasteiger partial charge on any atom is -0.491 e. The monoisotopic (exact) mass is 381 g/mol. The van der Waals surface area contributed by atoms with Crippen molar-refractivity contribution < 1.29 is 14.3 Å². The molecule has 0 radical (unpaired) electrons. The molecule has 1 atom stereocenters. The number of halogens is 1. The fourth-order valence-electron chi connectivity index (χ4n) is 2.26. The number of benzene rings is 1. The Labute approximate surface area is 141 Å². The van der Waals surface area contributed by atoms with E-state index >= 15 is 0 Å². The van der Waals surface area contributed by atoms with E-state index in [1.165, 1.54) is 11.3 Å². The van der Waals surface area contributed by atoms with Crippen molar-refractivity contribution in [3.8, 4) is 5.75 Å². The van der Waals surface area contributed by atoms with E-state index in [2.05, 4.69) is 21.2 Å². The topological polar surface area (TPSA) is 47.6 Å². The molecule has 1 amide bonds. The van der Waals surface area contributed by atoms with Crippen molar-refractivity contribution in [2.45, 2.75) is 18.9 Å². The van der Waals surface area contributed by atoms with Crippen LogP contribution in [0.25, 0.3) is 0 Å². The molecule has 22 heavy (non-hydrogen) atoms. The Morgan fingerprint density at radius 3 is 3.05 bits per heavy atom. The van der Waals surface area contributed by atoms with E-state index in [1.54, 1.807) is 6.07 Å². The van der Waals surface area contributed by atoms with Crippen LogP contribution in [-0.2, 0) is 4.74 Å². The molecule has 1 aliphatic heterocycles. The zero-order valence-electron chi connectivity index (χ0n) is 11.9. The zero-order valence-corrected chi connectivity index (χ0v) is 14.3. The molecule has 6 heteroatoms. The van der Waals surface area contributed by atoms with Gasteiger partial charge in [0.25, 0.3) is 5.91 Å². The Morgan fingerprint density at radius 1 is 1.41 bits per heavy atom. The third-order valence-corrected chi connectivity index (χ3v) is 4.97. The maximum absolute atomic E-state index is 12.1. The molecule has 1 N–H and O–H groups in total. The van der Waals surface area contributed by atoms with Gasteiger partial charge < -0.3 is 14.8 Å². The number of anilines is 1. The van der Waals surface area contributed by atoms with Crippen LogP contribution < -0.4 is 10.1 Å². The SMILES string of the molecule is O=C(Nc1cccc(OCC2CCCO2)c1)c1ccc(Br)s1. The number of carbonyl (C=O) groups is 1. The van der Waals surface area contributed by atoms with E-state index < -0.39 is 0 Å². The highest BCUT2D eigenvalue weighted by Gasteiger charge is 2.16. The summed E-state index contributed by atoms with van der Waals surface area (Å²) in [7, 11) is 0. The first-order valence-electron chi connectivity index (χ1n) is 7.12. The Balaban J connectivity index is 1.59. The van der Waals surface area contributed by atoms with Gasteiger partial charge in [-0.25, -0.2) is 0 Å². The number of rotatable bonds is 5. The molecule has 1 fully saturated rings. The fraction of sp³-hybridized carbons (Fsp3) is 0.312. The Hall–Kier alpha value is -1.37. The summed E-state index contributed by atoms with van der Waals surface area (Å²) in [5.41, 5.74) is 0.722. The van der Waals surface area contributed by atoms with Crippen LogP contribution in [0.15, 0.2) is 40.2 Å². The fourth-order valence-corrected chi connectivity index (χ4v) is 3.54. The number of thiophene rings is 1. The van der Waals surface area contributed by atoms with Crippen molar-refractivity contribution in [1.82, 2.24) is 0 Å². The smallest absolute Gasteiger partial charge is 0.265 e. The molecule has 116 valence electrons. The molecule has 1 aromatic carbocycles. The number of amides is 1. The predicted octanol–water partition coefficient (Wildman–Crippen LogP) is 4.32. The zero-order chi connectivity index (χ0) is 15.4. The summed E-state index contributed by atoms with van der Waals surface area (Å²) in [5.74, 6) is 0.618. The lowest BCUT2D eigenvalue weighted by Crippen LogP contribution is -2.16. The molecular formula is C16H16BrNO3S. The first kappa shape index (κ1) is 15.5. The van der Waals surface area contributed by atoms with Gasteiger partial charge in [0.15, 0.2) is 0 Å². The van der Waals surface area contributed by atoms with Gasteiger partial charge in [0, 0.05) is 18.4 Å². The molecule has 3 rings (SSSR count). The van der Waals surface area contributed by atoms with E-state index in [0.29, 0.717) is 11.5 Å². The Bertz CT molecular complexity index is 652. The van der Waals surface area contributed by atoms with Gasteiger partial charge in [-0.15, -0.1) is 11.3 Å². The lowest BCUT2D eigenvalue weighted by atomic mass is 10.2. The highest BCUT2D eigenvalue weighted by molar-refractivity contribution is 9.11. The lowest BCUT2D eigenvalue weighted by Gasteiger charge is -2.12. The Morgan fingerprint density at radius 2 is 2.32 bits per heavy atom. The van der Waals surface area contributed by atoms with Crippen LogP contribution >= 0.6 is 27.3 Å². The van der Waals surface area contributed by atoms with Crippen molar-refractivity contribution in [3.63, 3.8) is 0 Å². The van der Waals surface area contributed by atoms with Crippen LogP contribution in [0, 0.1) is 0 Å². The molecule has 4 nitrogen and oxygen atoms in total. The number of hydrogen-bond donors (Lipinski definition) is 1. The van der Waals surface area contributed by atoms with Crippen LogP contribution in [0.3, 0.4) is 0 Å². The van der Waals surface area contributed by atoms with E-state index in [0.717, 1.165) is 34.7 Å². The number of nitrogens with one attached hydrogen (secondary N) is 1. The molecule has 2 heterocycles. The maximum Gasteiger partial charge on any atom is 0.265 e. The van der Waals surface area contributed by atoms with Gasteiger partial charge in [-0.1, -0.05) is 6.07 Å². The van der Waals surface area contributed by atoms with E-state index in [9.17, 15) is 4.79 Å². The normalized spacial score (nSPS) is 17.4. The first-order valence-corrected chi connectivity index (χ1v) is 8.73. The molecule has 0 spiro atoms. The van der Waals surface area contributed by atoms with Crippen LogP contribution in [-0.4, -0.2) is 25.2 Å². The summed E-state index contributed by atoms with van der Waals surface area (Å²) >= 11 is 4.76. The van der Waals surface area contributed by atoms with Crippen molar-refractivity contribution in [3.05, 3.63) is 45.1 Å². The van der Waals surface area contributed by atoms with Gasteiger partial charge in [-0.3, -0.25) is 4.79 Å². The third-order valence-electron chi connectivity index (χ3n) is 3.35. The largest absolute Gasteiger partial charge is 0.491 e. The molecule has 1 unspecified atom stereocenters. The van der Waals surface area contributed by atoms with Gasteiger partial charge in [0.1, 0.15) is 12.4 Å². The molecule has 0 bridgehead atoms. The van der Waals surface area contributed by atoms with Gasteiger partial charge in [-0.2, -0.15) is 0 Å². The summed E-state index contributed by atoms with van der Waals surface area (Å²) in [4.78, 5) is 12.8. The molecule has 1 aliphatic rings. The summed E-state index contributed by atoms with van der Waals surface area (Å²) in [6.45, 7) is 1.37. The highest BCUT2D eigenvalue weighted by Crippen LogP contribution is 2.24. The van der Waals surface area contributed by atoms with E-state index in [4.69, 9.17) is 9.47 Å². The summed E-state index contributed by atoms with van der Waals surface area (Å²) < 4.78 is 12.2. The van der Waals surface area contributed by atoms with Gasteiger partial charge in [-0.05, 0) is 53.0 Å². The average Bonchev–Trinajstić information content (AvgIpc) is 3.17. The molecule has 1 aromatic heterocycles. The molecule has 1 saturated heterocycles. The molecule has 2 aromatic rings. The maximum atomic E-state index is 12.1.